The molecular formula is C28H39N3O6S. The minimum absolute atomic E-state index is 0.0854. The van der Waals surface area contributed by atoms with Crippen LogP contribution in [0.4, 0.5) is 5.69 Å². The SMILES string of the molecule is CCOc1ccccc1N(CC(=O)N(Cc1ccc(OC)cc1)[C@H](C)C(=O)NC1CCCCC1)S(C)(=O)=O. The zero-order valence-electron chi connectivity index (χ0n) is 22.7. The molecule has 10 heteroatoms. The molecule has 0 saturated heterocycles. The third kappa shape index (κ3) is 7.86. The smallest absolute Gasteiger partial charge is 0.244 e. The van der Waals surface area contributed by atoms with Crippen molar-refractivity contribution in [2.75, 3.05) is 30.8 Å². The molecule has 9 nitrogen and oxygen atoms in total. The molecule has 0 unspecified atom stereocenters. The van der Waals surface area contributed by atoms with Gasteiger partial charge in [-0.2, -0.15) is 0 Å². The summed E-state index contributed by atoms with van der Waals surface area (Å²) in [7, 11) is -2.28. The Labute approximate surface area is 226 Å². The van der Waals surface area contributed by atoms with Crippen LogP contribution in [0.5, 0.6) is 11.5 Å². The van der Waals surface area contributed by atoms with Crippen LogP contribution >= 0.6 is 0 Å². The number of anilines is 1. The van der Waals surface area contributed by atoms with E-state index in [1.165, 1.54) is 4.90 Å². The average molecular weight is 546 g/mol. The number of hydrogen-bond acceptors (Lipinski definition) is 6. The number of para-hydroxylation sites is 2. The topological polar surface area (TPSA) is 105 Å². The van der Waals surface area contributed by atoms with Crippen molar-refractivity contribution in [2.24, 2.45) is 0 Å². The van der Waals surface area contributed by atoms with Gasteiger partial charge in [-0.1, -0.05) is 43.5 Å². The van der Waals surface area contributed by atoms with Gasteiger partial charge in [0.25, 0.3) is 0 Å². The number of carbonyl (C=O) groups excluding carboxylic acids is 2. The van der Waals surface area contributed by atoms with Gasteiger partial charge in [0, 0.05) is 12.6 Å². The fraction of sp³-hybridized carbons (Fsp3) is 0.500. The predicted octanol–water partition coefficient (Wildman–Crippen LogP) is 3.73. The first-order chi connectivity index (χ1) is 18.1. The van der Waals surface area contributed by atoms with Crippen molar-refractivity contribution in [3.05, 3.63) is 54.1 Å². The molecule has 1 aliphatic rings. The zero-order chi connectivity index (χ0) is 27.7. The standard InChI is InChI=1S/C28H39N3O6S/c1-5-37-26-14-10-9-13-25(26)31(38(4,34)35)20-27(32)30(19-22-15-17-24(36-3)18-16-22)21(2)28(33)29-23-11-7-6-8-12-23/h9-10,13-18,21,23H,5-8,11-12,19-20H2,1-4H3,(H,29,33)/t21-/m1/s1. The molecule has 3 rings (SSSR count). The second-order valence-electron chi connectivity index (χ2n) is 9.56. The number of methoxy groups -OCH3 is 1. The quantitative estimate of drug-likeness (QED) is 0.436. The first-order valence-corrected chi connectivity index (χ1v) is 14.9. The molecule has 1 N–H and O–H groups in total. The van der Waals surface area contributed by atoms with Crippen LogP contribution in [0.15, 0.2) is 48.5 Å². The van der Waals surface area contributed by atoms with E-state index >= 15 is 0 Å². The molecule has 1 saturated carbocycles. The number of rotatable bonds is 12. The molecule has 2 aromatic rings. The Kier molecular flexibility index (Phi) is 10.4. The first kappa shape index (κ1) is 29.3. The highest BCUT2D eigenvalue weighted by molar-refractivity contribution is 7.92. The summed E-state index contributed by atoms with van der Waals surface area (Å²) in [5.74, 6) is 0.284. The number of carbonyl (C=O) groups is 2. The Balaban J connectivity index is 1.90. The number of sulfonamides is 1. The molecule has 208 valence electrons. The highest BCUT2D eigenvalue weighted by Crippen LogP contribution is 2.30. The predicted molar refractivity (Wildman–Crippen MR) is 148 cm³/mol. The van der Waals surface area contributed by atoms with Gasteiger partial charge < -0.3 is 19.7 Å². The van der Waals surface area contributed by atoms with Crippen LogP contribution in [0, 0.1) is 0 Å². The van der Waals surface area contributed by atoms with Crippen LogP contribution in [-0.4, -0.2) is 63.7 Å². The Morgan fingerprint density at radius 2 is 1.71 bits per heavy atom. The number of ether oxygens (including phenoxy) is 2. The van der Waals surface area contributed by atoms with Gasteiger partial charge in [-0.05, 0) is 56.5 Å². The summed E-state index contributed by atoms with van der Waals surface area (Å²) in [4.78, 5) is 28.5. The fourth-order valence-electron chi connectivity index (χ4n) is 4.61. The van der Waals surface area contributed by atoms with E-state index < -0.39 is 28.5 Å². The Bertz CT molecular complexity index is 1180. The van der Waals surface area contributed by atoms with Gasteiger partial charge in [0.2, 0.25) is 21.8 Å². The summed E-state index contributed by atoms with van der Waals surface area (Å²) in [5, 5.41) is 3.09. The van der Waals surface area contributed by atoms with Crippen LogP contribution in [0.1, 0.15) is 51.5 Å². The van der Waals surface area contributed by atoms with E-state index in [9.17, 15) is 18.0 Å². The lowest BCUT2D eigenvalue weighted by atomic mass is 9.95. The van der Waals surface area contributed by atoms with Crippen molar-refractivity contribution in [1.29, 1.82) is 0 Å². The molecule has 0 aromatic heterocycles. The third-order valence-corrected chi connectivity index (χ3v) is 7.87. The van der Waals surface area contributed by atoms with Gasteiger partial charge in [0.05, 0.1) is 25.7 Å². The lowest BCUT2D eigenvalue weighted by molar-refractivity contribution is -0.139. The van der Waals surface area contributed by atoms with E-state index in [-0.39, 0.29) is 24.2 Å². The van der Waals surface area contributed by atoms with E-state index in [0.29, 0.717) is 18.1 Å². The highest BCUT2D eigenvalue weighted by atomic mass is 32.2. The molecule has 1 aliphatic carbocycles. The monoisotopic (exact) mass is 545 g/mol. The average Bonchev–Trinajstić information content (AvgIpc) is 2.91. The van der Waals surface area contributed by atoms with Gasteiger partial charge in [0.1, 0.15) is 24.1 Å². The van der Waals surface area contributed by atoms with E-state index in [0.717, 1.165) is 48.2 Å². The minimum Gasteiger partial charge on any atom is -0.497 e. The van der Waals surface area contributed by atoms with E-state index in [2.05, 4.69) is 5.32 Å². The molecule has 0 spiro atoms. The molecule has 1 atom stereocenters. The minimum atomic E-state index is -3.85. The van der Waals surface area contributed by atoms with Crippen LogP contribution in [0.25, 0.3) is 0 Å². The Hall–Kier alpha value is -3.27. The molecule has 38 heavy (non-hydrogen) atoms. The normalized spacial score (nSPS) is 14.8. The van der Waals surface area contributed by atoms with Gasteiger partial charge in [-0.15, -0.1) is 0 Å². The van der Waals surface area contributed by atoms with E-state index in [1.807, 2.05) is 12.1 Å². The van der Waals surface area contributed by atoms with Crippen LogP contribution in [-0.2, 0) is 26.2 Å². The van der Waals surface area contributed by atoms with Gasteiger partial charge in [0.15, 0.2) is 0 Å². The molecule has 0 radical (unpaired) electrons. The maximum atomic E-state index is 13.8. The van der Waals surface area contributed by atoms with Crippen molar-refractivity contribution in [3.63, 3.8) is 0 Å². The Morgan fingerprint density at radius 3 is 2.32 bits per heavy atom. The maximum absolute atomic E-state index is 13.8. The van der Waals surface area contributed by atoms with Crippen molar-refractivity contribution < 1.29 is 27.5 Å². The summed E-state index contributed by atoms with van der Waals surface area (Å²) in [6, 6.07) is 13.2. The third-order valence-electron chi connectivity index (χ3n) is 6.74. The molecule has 0 aliphatic heterocycles. The van der Waals surface area contributed by atoms with Crippen molar-refractivity contribution in [1.82, 2.24) is 10.2 Å². The second kappa shape index (κ2) is 13.5. The van der Waals surface area contributed by atoms with Crippen LogP contribution in [0.2, 0.25) is 0 Å². The van der Waals surface area contributed by atoms with E-state index in [4.69, 9.17) is 9.47 Å². The molecule has 2 aromatic carbocycles. The summed E-state index contributed by atoms with van der Waals surface area (Å²) in [6.45, 7) is 3.48. The molecule has 0 bridgehead atoms. The van der Waals surface area contributed by atoms with Gasteiger partial charge in [-0.25, -0.2) is 8.42 Å². The van der Waals surface area contributed by atoms with Crippen LogP contribution < -0.4 is 19.1 Å². The summed E-state index contributed by atoms with van der Waals surface area (Å²) in [6.07, 6.45) is 6.18. The maximum Gasteiger partial charge on any atom is 0.244 e. The summed E-state index contributed by atoms with van der Waals surface area (Å²) in [5.41, 5.74) is 1.06. The number of benzene rings is 2. The molecule has 0 heterocycles. The first-order valence-electron chi connectivity index (χ1n) is 13.1. The molecular weight excluding hydrogens is 506 g/mol. The Morgan fingerprint density at radius 1 is 1.05 bits per heavy atom. The largest absolute Gasteiger partial charge is 0.497 e. The van der Waals surface area contributed by atoms with Crippen molar-refractivity contribution in [2.45, 2.75) is 64.6 Å². The zero-order valence-corrected chi connectivity index (χ0v) is 23.5. The number of hydrogen-bond donors (Lipinski definition) is 1. The van der Waals surface area contributed by atoms with Crippen molar-refractivity contribution in [3.8, 4) is 11.5 Å². The lowest BCUT2D eigenvalue weighted by Gasteiger charge is -2.33. The van der Waals surface area contributed by atoms with Crippen LogP contribution in [0.3, 0.4) is 0 Å². The molecule has 1 fully saturated rings. The lowest BCUT2D eigenvalue weighted by Crippen LogP contribution is -2.53. The fourth-order valence-corrected chi connectivity index (χ4v) is 5.47. The number of amides is 2. The van der Waals surface area contributed by atoms with Gasteiger partial charge in [-0.3, -0.25) is 13.9 Å². The number of nitrogens with one attached hydrogen (secondary N) is 1. The number of nitrogens with zero attached hydrogens (tertiary/aromatic N) is 2. The highest BCUT2D eigenvalue weighted by Gasteiger charge is 2.32. The summed E-state index contributed by atoms with van der Waals surface area (Å²) >= 11 is 0. The molecule has 2 amide bonds. The van der Waals surface area contributed by atoms with E-state index in [1.54, 1.807) is 57.4 Å². The second-order valence-corrected chi connectivity index (χ2v) is 11.5. The van der Waals surface area contributed by atoms with Crippen molar-refractivity contribution >= 4 is 27.5 Å². The van der Waals surface area contributed by atoms with Gasteiger partial charge >= 0.3 is 0 Å². The summed E-state index contributed by atoms with van der Waals surface area (Å²) < 4.78 is 37.6.